The van der Waals surface area contributed by atoms with Gasteiger partial charge < -0.3 is 15.3 Å². The third-order valence-electron chi connectivity index (χ3n) is 3.26. The Kier molecular flexibility index (Phi) is 3.44. The van der Waals surface area contributed by atoms with E-state index in [4.69, 9.17) is 5.11 Å². The van der Waals surface area contributed by atoms with E-state index in [1.54, 1.807) is 11.8 Å². The van der Waals surface area contributed by atoms with Gasteiger partial charge in [-0.15, -0.1) is 11.8 Å². The second-order valence-corrected chi connectivity index (χ2v) is 5.45. The van der Waals surface area contributed by atoms with Gasteiger partial charge in [0.05, 0.1) is 36.3 Å². The number of aliphatic hydroxyl groups excluding tert-OH is 1. The number of para-hydroxylation sites is 1. The van der Waals surface area contributed by atoms with Crippen LogP contribution in [0.15, 0.2) is 29.3 Å². The highest BCUT2D eigenvalue weighted by Crippen LogP contribution is 2.30. The summed E-state index contributed by atoms with van der Waals surface area (Å²) in [6.45, 7) is 0.369. The molecule has 0 radical (unpaired) electrons. The predicted octanol–water partition coefficient (Wildman–Crippen LogP) is 1.02. The third kappa shape index (κ3) is 2.21. The predicted molar refractivity (Wildman–Crippen MR) is 76.7 cm³/mol. The number of anilines is 1. The van der Waals surface area contributed by atoms with Crippen LogP contribution < -0.4 is 5.32 Å². The smallest absolute Gasteiger partial charge is 0.257 e. The summed E-state index contributed by atoms with van der Waals surface area (Å²) in [4.78, 5) is 18.7. The molecule has 1 aromatic carbocycles. The number of aliphatic hydroxyl groups is 1. The van der Waals surface area contributed by atoms with Crippen LogP contribution in [0.1, 0.15) is 10.4 Å². The highest BCUT2D eigenvalue weighted by Gasteiger charge is 2.37. The number of fused-ring (bicyclic) bond motifs is 2. The van der Waals surface area contributed by atoms with Crippen molar-refractivity contribution >= 4 is 29.2 Å². The molecular weight excluding hydrogens is 262 g/mol. The molecule has 6 heteroatoms. The first-order valence-electron chi connectivity index (χ1n) is 6.21. The van der Waals surface area contributed by atoms with Gasteiger partial charge in [-0.05, 0) is 12.1 Å². The van der Waals surface area contributed by atoms with E-state index >= 15 is 0 Å². The van der Waals surface area contributed by atoms with Gasteiger partial charge in [-0.1, -0.05) is 12.1 Å². The van der Waals surface area contributed by atoms with Gasteiger partial charge in [-0.2, -0.15) is 0 Å². The van der Waals surface area contributed by atoms with Crippen molar-refractivity contribution < 1.29 is 9.90 Å². The molecule has 1 saturated heterocycles. The molecule has 0 aliphatic carbocycles. The summed E-state index contributed by atoms with van der Waals surface area (Å²) in [5.74, 6) is 2.36. The van der Waals surface area contributed by atoms with Crippen LogP contribution in [-0.2, 0) is 0 Å². The summed E-state index contributed by atoms with van der Waals surface area (Å²) in [7, 11) is 0. The quantitative estimate of drug-likeness (QED) is 0.847. The van der Waals surface area contributed by atoms with Crippen LogP contribution in [0.2, 0.25) is 0 Å². The van der Waals surface area contributed by atoms with Gasteiger partial charge in [-0.3, -0.25) is 9.79 Å². The topological polar surface area (TPSA) is 64.9 Å². The molecule has 2 aliphatic rings. The Morgan fingerprint density at radius 3 is 3.16 bits per heavy atom. The Hall–Kier alpha value is -1.53. The zero-order valence-corrected chi connectivity index (χ0v) is 11.2. The number of aliphatic imine (C=N–C) groups is 1. The van der Waals surface area contributed by atoms with Gasteiger partial charge in [0.25, 0.3) is 5.91 Å². The Balaban J connectivity index is 2.04. The highest BCUT2D eigenvalue weighted by atomic mass is 32.2. The van der Waals surface area contributed by atoms with Gasteiger partial charge in [-0.25, -0.2) is 0 Å². The molecule has 1 amide bonds. The first kappa shape index (κ1) is 12.5. The van der Waals surface area contributed by atoms with Crippen molar-refractivity contribution in [3.63, 3.8) is 0 Å². The van der Waals surface area contributed by atoms with Crippen LogP contribution in [-0.4, -0.2) is 52.6 Å². The lowest BCUT2D eigenvalue weighted by molar-refractivity contribution is 0.0783. The number of hydrogen-bond acceptors (Lipinski definition) is 4. The van der Waals surface area contributed by atoms with Crippen molar-refractivity contribution in [3.05, 3.63) is 29.8 Å². The fraction of sp³-hybridized carbons (Fsp3) is 0.385. The Morgan fingerprint density at radius 2 is 2.32 bits per heavy atom. The lowest BCUT2D eigenvalue weighted by Gasteiger charge is -2.21. The number of nitrogens with one attached hydrogen (secondary N) is 1. The van der Waals surface area contributed by atoms with Crippen molar-refractivity contribution in [2.24, 2.45) is 4.99 Å². The number of hydrogen-bond donors (Lipinski definition) is 2. The maximum atomic E-state index is 12.5. The van der Waals surface area contributed by atoms with E-state index in [0.29, 0.717) is 18.0 Å². The summed E-state index contributed by atoms with van der Waals surface area (Å²) >= 11 is 1.73. The van der Waals surface area contributed by atoms with E-state index in [1.165, 1.54) is 0 Å². The lowest BCUT2D eigenvalue weighted by Crippen LogP contribution is -2.42. The maximum Gasteiger partial charge on any atom is 0.257 e. The average Bonchev–Trinajstić information content (AvgIpc) is 2.88. The zero-order valence-electron chi connectivity index (χ0n) is 10.4. The fourth-order valence-electron chi connectivity index (χ4n) is 2.34. The number of thioether (sulfide) groups is 1. The molecule has 2 aliphatic heterocycles. The third-order valence-corrected chi connectivity index (χ3v) is 4.27. The van der Waals surface area contributed by atoms with E-state index in [0.717, 1.165) is 17.3 Å². The number of nitrogens with zero attached hydrogens (tertiary/aromatic N) is 2. The number of amides is 1. The molecule has 0 aromatic heterocycles. The molecule has 1 atom stereocenters. The normalized spacial score (nSPS) is 23.8. The molecule has 1 unspecified atom stereocenters. The van der Waals surface area contributed by atoms with Crippen LogP contribution in [0.3, 0.4) is 0 Å². The molecular formula is C13H15N3O2S. The minimum Gasteiger partial charge on any atom is -0.394 e. The van der Waals surface area contributed by atoms with E-state index in [1.807, 2.05) is 29.2 Å². The second kappa shape index (κ2) is 5.22. The SMILES string of the molecule is O=C1c2ccccc2NC(=NCCO)C2CSCN12. The monoisotopic (exact) mass is 277 g/mol. The minimum atomic E-state index is -0.0172. The van der Waals surface area contributed by atoms with E-state index < -0.39 is 0 Å². The summed E-state index contributed by atoms with van der Waals surface area (Å²) < 4.78 is 0. The second-order valence-electron chi connectivity index (χ2n) is 4.45. The van der Waals surface area contributed by atoms with Crippen LogP contribution >= 0.6 is 11.8 Å². The van der Waals surface area contributed by atoms with Crippen molar-refractivity contribution in [3.8, 4) is 0 Å². The number of carbonyl (C=O) groups is 1. The van der Waals surface area contributed by atoms with E-state index in [2.05, 4.69) is 10.3 Å². The fourth-order valence-corrected chi connectivity index (χ4v) is 3.50. The molecule has 0 bridgehead atoms. The molecule has 0 saturated carbocycles. The van der Waals surface area contributed by atoms with E-state index in [9.17, 15) is 4.79 Å². The van der Waals surface area contributed by atoms with Crippen LogP contribution in [0.25, 0.3) is 0 Å². The summed E-state index contributed by atoms with van der Waals surface area (Å²) in [6, 6.07) is 7.47. The van der Waals surface area contributed by atoms with Crippen molar-refractivity contribution in [2.75, 3.05) is 30.1 Å². The van der Waals surface area contributed by atoms with Crippen LogP contribution in [0.4, 0.5) is 5.69 Å². The molecule has 0 spiro atoms. The first-order chi connectivity index (χ1) is 9.31. The zero-order chi connectivity index (χ0) is 13.2. The van der Waals surface area contributed by atoms with E-state index in [-0.39, 0.29) is 18.6 Å². The van der Waals surface area contributed by atoms with Gasteiger partial charge in [0.2, 0.25) is 0 Å². The molecule has 2 heterocycles. The summed E-state index contributed by atoms with van der Waals surface area (Å²) in [5, 5.41) is 12.2. The van der Waals surface area contributed by atoms with Gasteiger partial charge >= 0.3 is 0 Å². The molecule has 3 rings (SSSR count). The van der Waals surface area contributed by atoms with Crippen LogP contribution in [0.5, 0.6) is 0 Å². The van der Waals surface area contributed by atoms with Crippen molar-refractivity contribution in [1.29, 1.82) is 0 Å². The average molecular weight is 277 g/mol. The lowest BCUT2D eigenvalue weighted by atomic mass is 10.1. The first-order valence-corrected chi connectivity index (χ1v) is 7.36. The van der Waals surface area contributed by atoms with Crippen molar-refractivity contribution in [2.45, 2.75) is 6.04 Å². The van der Waals surface area contributed by atoms with Crippen LogP contribution in [0, 0.1) is 0 Å². The molecule has 5 nitrogen and oxygen atoms in total. The Bertz CT molecular complexity index is 532. The maximum absolute atomic E-state index is 12.5. The largest absolute Gasteiger partial charge is 0.394 e. The molecule has 100 valence electrons. The standard InChI is InChI=1S/C13H15N3O2S/c17-6-5-14-12-11-7-19-8-16(11)13(18)9-3-1-2-4-10(9)15-12/h1-4,11,17H,5-8H2,(H,14,15). The van der Waals surface area contributed by atoms with Gasteiger partial charge in [0.1, 0.15) is 5.84 Å². The minimum absolute atomic E-state index is 0.0145. The van der Waals surface area contributed by atoms with Gasteiger partial charge in [0.15, 0.2) is 0 Å². The highest BCUT2D eigenvalue weighted by molar-refractivity contribution is 7.99. The van der Waals surface area contributed by atoms with Gasteiger partial charge in [0, 0.05) is 5.75 Å². The number of benzene rings is 1. The number of amidine groups is 1. The molecule has 1 fully saturated rings. The Labute approximate surface area is 115 Å². The molecule has 19 heavy (non-hydrogen) atoms. The Morgan fingerprint density at radius 1 is 1.47 bits per heavy atom. The summed E-state index contributed by atoms with van der Waals surface area (Å²) in [5.41, 5.74) is 1.48. The number of rotatable bonds is 2. The molecule has 2 N–H and O–H groups in total. The summed E-state index contributed by atoms with van der Waals surface area (Å²) in [6.07, 6.45) is 0. The van der Waals surface area contributed by atoms with Crippen molar-refractivity contribution in [1.82, 2.24) is 4.90 Å². The molecule has 1 aromatic rings. The number of carbonyl (C=O) groups excluding carboxylic acids is 1.